The van der Waals surface area contributed by atoms with Crippen LogP contribution in [0.25, 0.3) is 0 Å². The monoisotopic (exact) mass is 343 g/mol. The molecular formula is C20H29N3O2. The van der Waals surface area contributed by atoms with Crippen molar-refractivity contribution in [3.63, 3.8) is 0 Å². The maximum atomic E-state index is 12.5. The van der Waals surface area contributed by atoms with Crippen molar-refractivity contribution in [2.75, 3.05) is 38.0 Å². The summed E-state index contributed by atoms with van der Waals surface area (Å²) in [7, 11) is 0. The van der Waals surface area contributed by atoms with Crippen LogP contribution in [0.2, 0.25) is 0 Å². The molecule has 0 aromatic heterocycles. The Morgan fingerprint density at radius 2 is 1.64 bits per heavy atom. The third-order valence-corrected chi connectivity index (χ3v) is 5.49. The molecule has 5 nitrogen and oxygen atoms in total. The maximum Gasteiger partial charge on any atom is 0.236 e. The van der Waals surface area contributed by atoms with Crippen LogP contribution in [0.1, 0.15) is 32.6 Å². The minimum atomic E-state index is 0.0000855. The lowest BCUT2D eigenvalue weighted by molar-refractivity contribution is -0.135. The zero-order valence-electron chi connectivity index (χ0n) is 15.1. The van der Waals surface area contributed by atoms with E-state index in [1.165, 1.54) is 12.8 Å². The van der Waals surface area contributed by atoms with E-state index in [0.717, 1.165) is 37.5 Å². The van der Waals surface area contributed by atoms with Gasteiger partial charge in [-0.2, -0.15) is 0 Å². The zero-order valence-corrected chi connectivity index (χ0v) is 15.1. The van der Waals surface area contributed by atoms with Crippen molar-refractivity contribution >= 4 is 17.5 Å². The van der Waals surface area contributed by atoms with E-state index in [0.29, 0.717) is 19.6 Å². The molecule has 2 aliphatic heterocycles. The van der Waals surface area contributed by atoms with Crippen LogP contribution in [0.3, 0.4) is 0 Å². The first kappa shape index (κ1) is 17.9. The quantitative estimate of drug-likeness (QED) is 0.914. The molecule has 0 radical (unpaired) electrons. The Morgan fingerprint density at radius 3 is 2.28 bits per heavy atom. The van der Waals surface area contributed by atoms with Crippen LogP contribution < -0.4 is 5.32 Å². The molecule has 2 saturated heterocycles. The molecule has 0 saturated carbocycles. The molecule has 0 bridgehead atoms. The second-order valence-corrected chi connectivity index (χ2v) is 7.47. The summed E-state index contributed by atoms with van der Waals surface area (Å²) < 4.78 is 0. The van der Waals surface area contributed by atoms with Gasteiger partial charge in [0.15, 0.2) is 0 Å². The minimum Gasteiger partial charge on any atom is -0.342 e. The van der Waals surface area contributed by atoms with Crippen molar-refractivity contribution in [3.05, 3.63) is 30.3 Å². The van der Waals surface area contributed by atoms with Gasteiger partial charge in [0.1, 0.15) is 0 Å². The average molecular weight is 343 g/mol. The van der Waals surface area contributed by atoms with E-state index < -0.39 is 0 Å². The molecule has 1 aromatic carbocycles. The first-order chi connectivity index (χ1) is 12.1. The summed E-state index contributed by atoms with van der Waals surface area (Å²) in [5, 5.41) is 2.97. The molecule has 2 amide bonds. The molecule has 0 atom stereocenters. The first-order valence-electron chi connectivity index (χ1n) is 9.48. The topological polar surface area (TPSA) is 52.7 Å². The van der Waals surface area contributed by atoms with Crippen LogP contribution in [0.4, 0.5) is 5.69 Å². The number of likely N-dealkylation sites (tertiary alicyclic amines) is 2. The van der Waals surface area contributed by atoms with Gasteiger partial charge in [0, 0.05) is 24.7 Å². The van der Waals surface area contributed by atoms with Gasteiger partial charge in [-0.3, -0.25) is 14.5 Å². The van der Waals surface area contributed by atoms with Crippen LogP contribution >= 0.6 is 0 Å². The highest BCUT2D eigenvalue weighted by atomic mass is 16.2. The molecule has 0 spiro atoms. The lowest BCUT2D eigenvalue weighted by Crippen LogP contribution is -2.47. The van der Waals surface area contributed by atoms with Crippen molar-refractivity contribution in [3.8, 4) is 0 Å². The standard InChI is InChI=1S/C20H29N3O2/c1-16-7-11-22(12-8-16)15-19(24)23-13-9-17(10-14-23)20(25)21-18-5-3-2-4-6-18/h2-6,16-17H,7-15H2,1H3,(H,21,25). The van der Waals surface area contributed by atoms with Crippen molar-refractivity contribution in [2.24, 2.45) is 11.8 Å². The lowest BCUT2D eigenvalue weighted by atomic mass is 9.95. The zero-order chi connectivity index (χ0) is 17.6. The highest BCUT2D eigenvalue weighted by Gasteiger charge is 2.28. The van der Waals surface area contributed by atoms with Crippen LogP contribution in [0, 0.1) is 11.8 Å². The van der Waals surface area contributed by atoms with Crippen molar-refractivity contribution < 1.29 is 9.59 Å². The molecule has 25 heavy (non-hydrogen) atoms. The third-order valence-electron chi connectivity index (χ3n) is 5.49. The third kappa shape index (κ3) is 5.05. The normalized spacial score (nSPS) is 20.4. The molecule has 2 fully saturated rings. The number of benzene rings is 1. The number of carbonyl (C=O) groups excluding carboxylic acids is 2. The summed E-state index contributed by atoms with van der Waals surface area (Å²) >= 11 is 0. The molecule has 0 unspecified atom stereocenters. The van der Waals surface area contributed by atoms with Gasteiger partial charge in [-0.05, 0) is 56.8 Å². The van der Waals surface area contributed by atoms with Gasteiger partial charge in [-0.25, -0.2) is 0 Å². The summed E-state index contributed by atoms with van der Waals surface area (Å²) in [6, 6.07) is 9.56. The van der Waals surface area contributed by atoms with E-state index in [9.17, 15) is 9.59 Å². The second kappa shape index (κ2) is 8.48. The highest BCUT2D eigenvalue weighted by Crippen LogP contribution is 2.21. The van der Waals surface area contributed by atoms with E-state index >= 15 is 0 Å². The number of para-hydroxylation sites is 1. The second-order valence-electron chi connectivity index (χ2n) is 7.47. The Kier molecular flexibility index (Phi) is 6.08. The predicted octanol–water partition coefficient (Wildman–Crippen LogP) is 2.60. The number of amides is 2. The van der Waals surface area contributed by atoms with Gasteiger partial charge >= 0.3 is 0 Å². The Morgan fingerprint density at radius 1 is 1.00 bits per heavy atom. The molecule has 5 heteroatoms. The van der Waals surface area contributed by atoms with Crippen LogP contribution in [0.15, 0.2) is 30.3 Å². The molecule has 1 aromatic rings. The molecule has 1 N–H and O–H groups in total. The fourth-order valence-corrected chi connectivity index (χ4v) is 3.67. The summed E-state index contributed by atoms with van der Waals surface area (Å²) in [5.41, 5.74) is 0.838. The number of hydrogen-bond acceptors (Lipinski definition) is 3. The average Bonchev–Trinajstić information content (AvgIpc) is 2.64. The number of piperidine rings is 2. The van der Waals surface area contributed by atoms with E-state index in [4.69, 9.17) is 0 Å². The Balaban J connectivity index is 1.42. The van der Waals surface area contributed by atoms with E-state index in [-0.39, 0.29) is 17.7 Å². The molecule has 2 aliphatic rings. The van der Waals surface area contributed by atoms with Crippen LogP contribution in [-0.2, 0) is 9.59 Å². The van der Waals surface area contributed by atoms with Gasteiger partial charge in [0.25, 0.3) is 0 Å². The Bertz CT molecular complexity index is 574. The minimum absolute atomic E-state index is 0.0000855. The number of nitrogens with one attached hydrogen (secondary N) is 1. The fraction of sp³-hybridized carbons (Fsp3) is 0.600. The lowest BCUT2D eigenvalue weighted by Gasteiger charge is -2.35. The van der Waals surface area contributed by atoms with Crippen LogP contribution in [-0.4, -0.2) is 54.3 Å². The summed E-state index contributed by atoms with van der Waals surface area (Å²) in [6.45, 7) is 6.26. The SMILES string of the molecule is CC1CCN(CC(=O)N2CCC(C(=O)Nc3ccccc3)CC2)CC1. The number of hydrogen-bond donors (Lipinski definition) is 1. The van der Waals surface area contributed by atoms with Gasteiger partial charge in [-0.1, -0.05) is 25.1 Å². The van der Waals surface area contributed by atoms with Gasteiger partial charge < -0.3 is 10.2 Å². The van der Waals surface area contributed by atoms with E-state index in [1.807, 2.05) is 35.2 Å². The highest BCUT2D eigenvalue weighted by molar-refractivity contribution is 5.92. The maximum absolute atomic E-state index is 12.5. The molecular weight excluding hydrogens is 314 g/mol. The summed E-state index contributed by atoms with van der Waals surface area (Å²) in [4.78, 5) is 29.1. The summed E-state index contributed by atoms with van der Waals surface area (Å²) in [5.74, 6) is 1.07. The number of carbonyl (C=O) groups is 2. The van der Waals surface area contributed by atoms with Crippen molar-refractivity contribution in [1.82, 2.24) is 9.80 Å². The van der Waals surface area contributed by atoms with E-state index in [1.54, 1.807) is 0 Å². The predicted molar refractivity (Wildman–Crippen MR) is 99.2 cm³/mol. The number of nitrogens with zero attached hydrogens (tertiary/aromatic N) is 2. The van der Waals surface area contributed by atoms with Gasteiger partial charge in [0.05, 0.1) is 6.54 Å². The van der Waals surface area contributed by atoms with Crippen molar-refractivity contribution in [1.29, 1.82) is 0 Å². The van der Waals surface area contributed by atoms with Crippen LogP contribution in [0.5, 0.6) is 0 Å². The fourth-order valence-electron chi connectivity index (χ4n) is 3.67. The van der Waals surface area contributed by atoms with E-state index in [2.05, 4.69) is 17.1 Å². The number of anilines is 1. The molecule has 136 valence electrons. The summed E-state index contributed by atoms with van der Waals surface area (Å²) in [6.07, 6.45) is 3.88. The number of rotatable bonds is 4. The Hall–Kier alpha value is -1.88. The van der Waals surface area contributed by atoms with Gasteiger partial charge in [0.2, 0.25) is 11.8 Å². The largest absolute Gasteiger partial charge is 0.342 e. The molecule has 2 heterocycles. The first-order valence-corrected chi connectivity index (χ1v) is 9.48. The Labute approximate surface area is 150 Å². The molecule has 3 rings (SSSR count). The smallest absolute Gasteiger partial charge is 0.236 e. The molecule has 0 aliphatic carbocycles. The van der Waals surface area contributed by atoms with Crippen molar-refractivity contribution in [2.45, 2.75) is 32.6 Å². The van der Waals surface area contributed by atoms with Gasteiger partial charge in [-0.15, -0.1) is 0 Å².